The minimum atomic E-state index is -0.529. The molecule has 0 spiro atoms. The predicted octanol–water partition coefficient (Wildman–Crippen LogP) is 2.86. The first kappa shape index (κ1) is 14.5. The Balaban J connectivity index is 2.29. The molecule has 0 aliphatic carbocycles. The van der Waals surface area contributed by atoms with Crippen LogP contribution in [-0.2, 0) is 6.54 Å². The Hall–Kier alpha value is -1.94. The molecule has 1 atom stereocenters. The smallest absolute Gasteiger partial charge is 0.134 e. The molecule has 4 nitrogen and oxygen atoms in total. The molecule has 4 heteroatoms. The van der Waals surface area contributed by atoms with Crippen LogP contribution in [0.4, 0.5) is 5.82 Å². The molecule has 2 aromatic rings. The summed E-state index contributed by atoms with van der Waals surface area (Å²) in [5.41, 5.74) is 2.87. The summed E-state index contributed by atoms with van der Waals surface area (Å²) >= 11 is 0. The molecular formula is C16H21N3O. The van der Waals surface area contributed by atoms with Gasteiger partial charge in [-0.25, -0.2) is 4.98 Å². The SMILES string of the molecule is CCN(Cc1cccc(C)n1)c1ncccc1[C@@H](C)O. The monoisotopic (exact) mass is 271 g/mol. The maximum absolute atomic E-state index is 9.88. The van der Waals surface area contributed by atoms with E-state index in [9.17, 15) is 5.11 Å². The van der Waals surface area contributed by atoms with Gasteiger partial charge in [-0.1, -0.05) is 12.1 Å². The number of aryl methyl sites for hydroxylation is 1. The van der Waals surface area contributed by atoms with E-state index in [1.807, 2.05) is 37.3 Å². The van der Waals surface area contributed by atoms with Gasteiger partial charge in [0, 0.05) is 24.0 Å². The lowest BCUT2D eigenvalue weighted by Crippen LogP contribution is -2.25. The zero-order valence-corrected chi connectivity index (χ0v) is 12.2. The summed E-state index contributed by atoms with van der Waals surface area (Å²) in [5, 5.41) is 9.88. The molecule has 106 valence electrons. The van der Waals surface area contributed by atoms with Crippen LogP contribution >= 0.6 is 0 Å². The van der Waals surface area contributed by atoms with Crippen LogP contribution in [0.2, 0.25) is 0 Å². The van der Waals surface area contributed by atoms with Crippen molar-refractivity contribution in [1.82, 2.24) is 9.97 Å². The number of aliphatic hydroxyl groups is 1. The molecule has 2 rings (SSSR count). The fourth-order valence-electron chi connectivity index (χ4n) is 2.22. The minimum absolute atomic E-state index is 0.529. The number of rotatable bonds is 5. The highest BCUT2D eigenvalue weighted by atomic mass is 16.3. The zero-order valence-electron chi connectivity index (χ0n) is 12.2. The van der Waals surface area contributed by atoms with Crippen molar-refractivity contribution in [1.29, 1.82) is 0 Å². The van der Waals surface area contributed by atoms with Crippen LogP contribution in [0, 0.1) is 6.92 Å². The average molecular weight is 271 g/mol. The fraction of sp³-hybridized carbons (Fsp3) is 0.375. The Bertz CT molecular complexity index is 569. The van der Waals surface area contributed by atoms with Gasteiger partial charge < -0.3 is 10.0 Å². The summed E-state index contributed by atoms with van der Waals surface area (Å²) in [6, 6.07) is 9.78. The second-order valence-corrected chi connectivity index (χ2v) is 4.88. The highest BCUT2D eigenvalue weighted by molar-refractivity contribution is 5.48. The van der Waals surface area contributed by atoms with Gasteiger partial charge in [0.25, 0.3) is 0 Å². The molecule has 1 N–H and O–H groups in total. The van der Waals surface area contributed by atoms with Crippen molar-refractivity contribution in [3.05, 3.63) is 53.5 Å². The molecule has 20 heavy (non-hydrogen) atoms. The van der Waals surface area contributed by atoms with Crippen molar-refractivity contribution in [2.45, 2.75) is 33.4 Å². The molecule has 0 fully saturated rings. The quantitative estimate of drug-likeness (QED) is 0.908. The highest BCUT2D eigenvalue weighted by Crippen LogP contribution is 2.24. The standard InChI is InChI=1S/C16H21N3O/c1-4-19(11-14-8-5-7-12(2)18-14)16-15(13(3)20)9-6-10-17-16/h5-10,13,20H,4,11H2,1-3H3/t13-/m1/s1. The van der Waals surface area contributed by atoms with Crippen LogP contribution in [0.15, 0.2) is 36.5 Å². The van der Waals surface area contributed by atoms with Crippen LogP contribution in [0.3, 0.4) is 0 Å². The van der Waals surface area contributed by atoms with Gasteiger partial charge in [0.15, 0.2) is 0 Å². The molecule has 0 bridgehead atoms. The minimum Gasteiger partial charge on any atom is -0.389 e. The average Bonchev–Trinajstić information content (AvgIpc) is 2.45. The third-order valence-electron chi connectivity index (χ3n) is 3.25. The van der Waals surface area contributed by atoms with E-state index in [1.54, 1.807) is 13.1 Å². The number of hydrogen-bond acceptors (Lipinski definition) is 4. The van der Waals surface area contributed by atoms with Gasteiger partial charge in [0.2, 0.25) is 0 Å². The zero-order chi connectivity index (χ0) is 14.5. The predicted molar refractivity (Wildman–Crippen MR) is 80.6 cm³/mol. The summed E-state index contributed by atoms with van der Waals surface area (Å²) < 4.78 is 0. The second-order valence-electron chi connectivity index (χ2n) is 4.88. The molecule has 0 aliphatic rings. The Morgan fingerprint density at radius 2 is 2.05 bits per heavy atom. The topological polar surface area (TPSA) is 49.2 Å². The number of aromatic nitrogens is 2. The summed E-state index contributed by atoms with van der Waals surface area (Å²) in [6.45, 7) is 7.33. The van der Waals surface area contributed by atoms with Gasteiger partial charge in [0.05, 0.1) is 18.3 Å². The number of pyridine rings is 2. The van der Waals surface area contributed by atoms with Crippen molar-refractivity contribution < 1.29 is 5.11 Å². The summed E-state index contributed by atoms with van der Waals surface area (Å²) in [6.07, 6.45) is 1.23. The van der Waals surface area contributed by atoms with E-state index in [2.05, 4.69) is 21.8 Å². The van der Waals surface area contributed by atoms with E-state index in [4.69, 9.17) is 0 Å². The Morgan fingerprint density at radius 1 is 1.25 bits per heavy atom. The summed E-state index contributed by atoms with van der Waals surface area (Å²) in [5.74, 6) is 0.827. The van der Waals surface area contributed by atoms with Crippen LogP contribution in [0.1, 0.15) is 36.9 Å². The number of nitrogens with zero attached hydrogens (tertiary/aromatic N) is 3. The van der Waals surface area contributed by atoms with Crippen molar-refractivity contribution in [2.75, 3.05) is 11.4 Å². The normalized spacial score (nSPS) is 12.2. The van der Waals surface area contributed by atoms with Crippen LogP contribution in [-0.4, -0.2) is 21.6 Å². The molecule has 2 aromatic heterocycles. The lowest BCUT2D eigenvalue weighted by Gasteiger charge is -2.25. The molecule has 0 saturated carbocycles. The van der Waals surface area contributed by atoms with Crippen molar-refractivity contribution in [3.8, 4) is 0 Å². The third-order valence-corrected chi connectivity index (χ3v) is 3.25. The van der Waals surface area contributed by atoms with Crippen molar-refractivity contribution >= 4 is 5.82 Å². The van der Waals surface area contributed by atoms with E-state index in [0.717, 1.165) is 29.3 Å². The van der Waals surface area contributed by atoms with Gasteiger partial charge in [-0.15, -0.1) is 0 Å². The summed E-state index contributed by atoms with van der Waals surface area (Å²) in [7, 11) is 0. The number of aliphatic hydroxyl groups excluding tert-OH is 1. The van der Waals surface area contributed by atoms with E-state index in [1.165, 1.54) is 0 Å². The van der Waals surface area contributed by atoms with Crippen LogP contribution in [0.25, 0.3) is 0 Å². The Morgan fingerprint density at radius 3 is 2.70 bits per heavy atom. The number of anilines is 1. The fourth-order valence-corrected chi connectivity index (χ4v) is 2.22. The molecule has 0 aliphatic heterocycles. The Labute approximate surface area is 120 Å². The van der Waals surface area contributed by atoms with Gasteiger partial charge in [0.1, 0.15) is 5.82 Å². The van der Waals surface area contributed by atoms with E-state index in [0.29, 0.717) is 6.54 Å². The Kier molecular flexibility index (Phi) is 4.69. The van der Waals surface area contributed by atoms with Gasteiger partial charge in [-0.3, -0.25) is 4.98 Å². The molecule has 2 heterocycles. The first-order chi connectivity index (χ1) is 9.61. The first-order valence-electron chi connectivity index (χ1n) is 6.92. The van der Waals surface area contributed by atoms with E-state index >= 15 is 0 Å². The molecule has 0 radical (unpaired) electrons. The molecule has 0 amide bonds. The van der Waals surface area contributed by atoms with Gasteiger partial charge in [-0.05, 0) is 39.0 Å². The molecule has 0 saturated heterocycles. The molecule has 0 unspecified atom stereocenters. The molecular weight excluding hydrogens is 250 g/mol. The number of hydrogen-bond donors (Lipinski definition) is 1. The lowest BCUT2D eigenvalue weighted by molar-refractivity contribution is 0.199. The molecule has 0 aromatic carbocycles. The highest BCUT2D eigenvalue weighted by Gasteiger charge is 2.15. The van der Waals surface area contributed by atoms with E-state index in [-0.39, 0.29) is 0 Å². The van der Waals surface area contributed by atoms with E-state index < -0.39 is 6.10 Å². The largest absolute Gasteiger partial charge is 0.389 e. The van der Waals surface area contributed by atoms with Gasteiger partial charge >= 0.3 is 0 Å². The maximum atomic E-state index is 9.88. The second kappa shape index (κ2) is 6.48. The third kappa shape index (κ3) is 3.33. The first-order valence-corrected chi connectivity index (χ1v) is 6.92. The van der Waals surface area contributed by atoms with Crippen LogP contribution in [0.5, 0.6) is 0 Å². The lowest BCUT2D eigenvalue weighted by atomic mass is 10.1. The van der Waals surface area contributed by atoms with Crippen molar-refractivity contribution in [2.24, 2.45) is 0 Å². The maximum Gasteiger partial charge on any atom is 0.134 e. The van der Waals surface area contributed by atoms with Crippen LogP contribution < -0.4 is 4.90 Å². The summed E-state index contributed by atoms with van der Waals surface area (Å²) in [4.78, 5) is 11.1. The van der Waals surface area contributed by atoms with Crippen molar-refractivity contribution in [3.63, 3.8) is 0 Å². The van der Waals surface area contributed by atoms with Gasteiger partial charge in [-0.2, -0.15) is 0 Å².